The second-order valence-corrected chi connectivity index (χ2v) is 6.80. The van der Waals surface area contributed by atoms with E-state index in [9.17, 15) is 13.2 Å². The predicted octanol–water partition coefficient (Wildman–Crippen LogP) is 4.25. The van der Waals surface area contributed by atoms with Crippen molar-refractivity contribution in [2.24, 2.45) is 5.92 Å². The van der Waals surface area contributed by atoms with Gasteiger partial charge in [-0.1, -0.05) is 29.8 Å². The minimum atomic E-state index is -4.40. The van der Waals surface area contributed by atoms with E-state index in [0.717, 1.165) is 43.9 Å². The Morgan fingerprint density at radius 2 is 1.96 bits per heavy atom. The number of hydrogen-bond donors (Lipinski definition) is 2. The molecule has 1 heterocycles. The van der Waals surface area contributed by atoms with E-state index in [1.165, 1.54) is 6.07 Å². The molecule has 0 aliphatic carbocycles. The van der Waals surface area contributed by atoms with E-state index in [1.54, 1.807) is 0 Å². The maximum absolute atomic E-state index is 12.7. The molecule has 3 rings (SSSR count). The van der Waals surface area contributed by atoms with Gasteiger partial charge in [-0.05, 0) is 35.7 Å². The average Bonchev–Trinajstić information content (AvgIpc) is 2.55. The summed E-state index contributed by atoms with van der Waals surface area (Å²) < 4.78 is 43.7. The zero-order valence-corrected chi connectivity index (χ0v) is 14.8. The molecule has 1 fully saturated rings. The van der Waals surface area contributed by atoms with E-state index >= 15 is 0 Å². The van der Waals surface area contributed by atoms with E-state index in [2.05, 4.69) is 10.6 Å². The van der Waals surface area contributed by atoms with Gasteiger partial charge in [-0.25, -0.2) is 0 Å². The van der Waals surface area contributed by atoms with E-state index in [4.69, 9.17) is 16.3 Å². The third kappa shape index (κ3) is 5.13. The van der Waals surface area contributed by atoms with Crippen LogP contribution in [-0.4, -0.2) is 19.6 Å². The summed E-state index contributed by atoms with van der Waals surface area (Å²) in [6.45, 7) is 3.95. The first-order valence-corrected chi connectivity index (χ1v) is 8.78. The lowest BCUT2D eigenvalue weighted by molar-refractivity contribution is -0.137. The molecule has 0 bridgehead atoms. The van der Waals surface area contributed by atoms with E-state index in [0.29, 0.717) is 17.2 Å². The molecule has 0 saturated carbocycles. The second-order valence-electron chi connectivity index (χ2n) is 6.40. The molecule has 26 heavy (non-hydrogen) atoms. The standard InChI is InChI=1S/C19H20ClF3N2O/c20-18-7-16(19(21,22)23)5-4-15(18)12-26-17-3-1-2-13(6-17)8-24-9-14-10-25-11-14/h1-7,14,24-25H,8-12H2. The Kier molecular flexibility index (Phi) is 6.06. The highest BCUT2D eigenvalue weighted by Gasteiger charge is 2.30. The highest BCUT2D eigenvalue weighted by Crippen LogP contribution is 2.32. The Morgan fingerprint density at radius 3 is 2.62 bits per heavy atom. The quantitative estimate of drug-likeness (QED) is 0.748. The summed E-state index contributed by atoms with van der Waals surface area (Å²) in [6.07, 6.45) is -4.40. The van der Waals surface area contributed by atoms with Gasteiger partial charge in [-0.2, -0.15) is 13.2 Å². The van der Waals surface area contributed by atoms with Crippen LogP contribution in [0.4, 0.5) is 13.2 Å². The normalized spacial score (nSPS) is 14.9. The number of rotatable bonds is 7. The molecule has 0 radical (unpaired) electrons. The molecule has 0 spiro atoms. The highest BCUT2D eigenvalue weighted by atomic mass is 35.5. The molecule has 1 saturated heterocycles. The van der Waals surface area contributed by atoms with Crippen LogP contribution in [0.2, 0.25) is 5.02 Å². The lowest BCUT2D eigenvalue weighted by Gasteiger charge is -2.27. The fourth-order valence-corrected chi connectivity index (χ4v) is 2.90. The van der Waals surface area contributed by atoms with Crippen molar-refractivity contribution < 1.29 is 17.9 Å². The highest BCUT2D eigenvalue weighted by molar-refractivity contribution is 6.31. The molecule has 2 aromatic carbocycles. The number of ether oxygens (including phenoxy) is 1. The zero-order valence-electron chi connectivity index (χ0n) is 14.1. The Balaban J connectivity index is 1.55. The van der Waals surface area contributed by atoms with Crippen LogP contribution >= 0.6 is 11.6 Å². The molecule has 1 aliphatic heterocycles. The summed E-state index contributed by atoms with van der Waals surface area (Å²) in [7, 11) is 0. The molecule has 3 nitrogen and oxygen atoms in total. The summed E-state index contributed by atoms with van der Waals surface area (Å²) in [5.41, 5.74) is 0.843. The van der Waals surface area contributed by atoms with Gasteiger partial charge in [-0.15, -0.1) is 0 Å². The lowest BCUT2D eigenvalue weighted by Crippen LogP contribution is -2.47. The summed E-state index contributed by atoms with van der Waals surface area (Å²) in [5, 5.41) is 6.69. The van der Waals surface area contributed by atoms with Crippen LogP contribution in [0.15, 0.2) is 42.5 Å². The van der Waals surface area contributed by atoms with E-state index in [1.807, 2.05) is 24.3 Å². The van der Waals surface area contributed by atoms with Gasteiger partial charge < -0.3 is 15.4 Å². The Morgan fingerprint density at radius 1 is 1.15 bits per heavy atom. The van der Waals surface area contributed by atoms with Gasteiger partial charge >= 0.3 is 6.18 Å². The van der Waals surface area contributed by atoms with Gasteiger partial charge in [0.25, 0.3) is 0 Å². The predicted molar refractivity (Wildman–Crippen MR) is 95.3 cm³/mol. The molecule has 2 aromatic rings. The van der Waals surface area contributed by atoms with Crippen LogP contribution in [0.25, 0.3) is 0 Å². The third-order valence-corrected chi connectivity index (χ3v) is 4.65. The fourth-order valence-electron chi connectivity index (χ4n) is 2.66. The minimum absolute atomic E-state index is 0.0479. The molecular weight excluding hydrogens is 365 g/mol. The molecule has 7 heteroatoms. The molecule has 0 amide bonds. The van der Waals surface area contributed by atoms with Crippen molar-refractivity contribution in [3.8, 4) is 5.75 Å². The van der Waals surface area contributed by atoms with Crippen LogP contribution in [0.5, 0.6) is 5.75 Å². The second kappa shape index (κ2) is 8.29. The Labute approximate surface area is 155 Å². The summed E-state index contributed by atoms with van der Waals surface area (Å²) in [6, 6.07) is 10.9. The summed E-state index contributed by atoms with van der Waals surface area (Å²) >= 11 is 5.96. The number of alkyl halides is 3. The van der Waals surface area contributed by atoms with Crippen molar-refractivity contribution in [3.05, 3.63) is 64.2 Å². The van der Waals surface area contributed by atoms with Gasteiger partial charge in [0, 0.05) is 36.8 Å². The third-order valence-electron chi connectivity index (χ3n) is 4.30. The van der Waals surface area contributed by atoms with Crippen LogP contribution in [-0.2, 0) is 19.3 Å². The number of hydrogen-bond acceptors (Lipinski definition) is 3. The van der Waals surface area contributed by atoms with Crippen LogP contribution in [0, 0.1) is 5.92 Å². The maximum atomic E-state index is 12.7. The first kappa shape index (κ1) is 19.0. The molecule has 140 valence electrons. The first-order chi connectivity index (χ1) is 12.4. The number of benzene rings is 2. The van der Waals surface area contributed by atoms with Crippen molar-refractivity contribution in [3.63, 3.8) is 0 Å². The Hall–Kier alpha value is -1.76. The summed E-state index contributed by atoms with van der Waals surface area (Å²) in [5.74, 6) is 1.35. The zero-order chi connectivity index (χ0) is 18.6. The molecule has 1 aliphatic rings. The fraction of sp³-hybridized carbons (Fsp3) is 0.368. The number of halogens is 4. The minimum Gasteiger partial charge on any atom is -0.489 e. The SMILES string of the molecule is FC(F)(F)c1ccc(COc2cccc(CNCC3CNC3)c2)c(Cl)c1. The van der Waals surface area contributed by atoms with Gasteiger partial charge in [0.15, 0.2) is 0 Å². The van der Waals surface area contributed by atoms with Crippen LogP contribution in [0.1, 0.15) is 16.7 Å². The van der Waals surface area contributed by atoms with Gasteiger partial charge in [-0.3, -0.25) is 0 Å². The first-order valence-electron chi connectivity index (χ1n) is 8.40. The van der Waals surface area contributed by atoms with Crippen LogP contribution < -0.4 is 15.4 Å². The molecule has 0 unspecified atom stereocenters. The van der Waals surface area contributed by atoms with E-state index in [-0.39, 0.29) is 11.6 Å². The van der Waals surface area contributed by atoms with Crippen molar-refractivity contribution >= 4 is 11.6 Å². The maximum Gasteiger partial charge on any atom is 0.416 e. The van der Waals surface area contributed by atoms with Crippen molar-refractivity contribution in [2.75, 3.05) is 19.6 Å². The number of nitrogens with one attached hydrogen (secondary N) is 2. The average molecular weight is 385 g/mol. The smallest absolute Gasteiger partial charge is 0.416 e. The molecule has 0 atom stereocenters. The largest absolute Gasteiger partial charge is 0.489 e. The molecule has 2 N–H and O–H groups in total. The Bertz CT molecular complexity index is 748. The monoisotopic (exact) mass is 384 g/mol. The van der Waals surface area contributed by atoms with Crippen molar-refractivity contribution in [1.29, 1.82) is 0 Å². The van der Waals surface area contributed by atoms with Crippen molar-refractivity contribution in [1.82, 2.24) is 10.6 Å². The van der Waals surface area contributed by atoms with Gasteiger partial charge in [0.1, 0.15) is 12.4 Å². The van der Waals surface area contributed by atoms with Crippen molar-refractivity contribution in [2.45, 2.75) is 19.3 Å². The summed E-state index contributed by atoms with van der Waals surface area (Å²) in [4.78, 5) is 0. The van der Waals surface area contributed by atoms with E-state index < -0.39 is 11.7 Å². The van der Waals surface area contributed by atoms with Gasteiger partial charge in [0.2, 0.25) is 0 Å². The topological polar surface area (TPSA) is 33.3 Å². The lowest BCUT2D eigenvalue weighted by atomic mass is 10.0. The molecular formula is C19H20ClF3N2O. The van der Waals surface area contributed by atoms with Crippen LogP contribution in [0.3, 0.4) is 0 Å². The molecule has 0 aromatic heterocycles. The van der Waals surface area contributed by atoms with Gasteiger partial charge in [0.05, 0.1) is 5.56 Å².